The summed E-state index contributed by atoms with van der Waals surface area (Å²) in [4.78, 5) is 27.0. The molecule has 0 bridgehead atoms. The van der Waals surface area contributed by atoms with Crippen molar-refractivity contribution in [2.75, 3.05) is 33.2 Å². The summed E-state index contributed by atoms with van der Waals surface area (Å²) in [5.41, 5.74) is 0.323. The number of piperidine rings is 1. The van der Waals surface area contributed by atoms with E-state index in [0.29, 0.717) is 32.4 Å². The number of amides is 2. The summed E-state index contributed by atoms with van der Waals surface area (Å²) in [5.74, 6) is 0.630. The van der Waals surface area contributed by atoms with Crippen LogP contribution in [-0.4, -0.2) is 55.5 Å². The molecule has 0 spiro atoms. The highest BCUT2D eigenvalue weighted by Crippen LogP contribution is 2.31. The quantitative estimate of drug-likeness (QED) is 0.857. The smallest absolute Gasteiger partial charge is 0.266 e. The molecule has 2 fully saturated rings. The van der Waals surface area contributed by atoms with E-state index in [1.807, 2.05) is 31.2 Å². The lowest BCUT2D eigenvalue weighted by Crippen LogP contribution is -2.57. The van der Waals surface area contributed by atoms with Crippen molar-refractivity contribution in [1.82, 2.24) is 15.5 Å². The van der Waals surface area contributed by atoms with Crippen molar-refractivity contribution in [3.05, 3.63) is 29.8 Å². The van der Waals surface area contributed by atoms with Gasteiger partial charge in [0.2, 0.25) is 5.91 Å². The summed E-state index contributed by atoms with van der Waals surface area (Å²) in [6.45, 7) is 4.63. The molecular formula is C19H27N3O3. The van der Waals surface area contributed by atoms with Gasteiger partial charge in [-0.15, -0.1) is 0 Å². The lowest BCUT2D eigenvalue weighted by Gasteiger charge is -2.39. The van der Waals surface area contributed by atoms with E-state index < -0.39 is 5.60 Å². The molecule has 0 radical (unpaired) electrons. The number of carbonyl (C=O) groups is 2. The molecule has 136 valence electrons. The minimum Gasteiger partial charge on any atom is -0.477 e. The number of hydrogen-bond donors (Lipinski definition) is 2. The monoisotopic (exact) mass is 345 g/mol. The summed E-state index contributed by atoms with van der Waals surface area (Å²) in [6.07, 6.45) is 1.99. The maximum atomic E-state index is 13.3. The fourth-order valence-corrected chi connectivity index (χ4v) is 3.67. The molecule has 2 N–H and O–H groups in total. The Morgan fingerprint density at radius 2 is 1.92 bits per heavy atom. The van der Waals surface area contributed by atoms with Gasteiger partial charge in [0.25, 0.3) is 5.91 Å². The Morgan fingerprint density at radius 3 is 2.56 bits per heavy atom. The van der Waals surface area contributed by atoms with E-state index in [1.54, 1.807) is 11.9 Å². The third kappa shape index (κ3) is 3.79. The summed E-state index contributed by atoms with van der Waals surface area (Å²) < 4.78 is 6.26. The van der Waals surface area contributed by atoms with Gasteiger partial charge in [-0.05, 0) is 38.6 Å². The van der Waals surface area contributed by atoms with E-state index in [0.717, 1.165) is 24.4 Å². The van der Waals surface area contributed by atoms with E-state index in [9.17, 15) is 9.59 Å². The van der Waals surface area contributed by atoms with E-state index in [2.05, 4.69) is 10.6 Å². The van der Waals surface area contributed by atoms with Crippen LogP contribution in [0.2, 0.25) is 0 Å². The standard InChI is InChI=1S/C19H27N3O3/c1-14-3-5-16(6-4-14)25-19(8-10-21-11-9-19)18(24)22-12-7-15(13-22)17(23)20-2/h3-6,15,21H,7-13H2,1-2H3,(H,20,23)/t15-/m1/s1. The highest BCUT2D eigenvalue weighted by molar-refractivity contribution is 5.87. The second-order valence-electron chi connectivity index (χ2n) is 7.01. The van der Waals surface area contributed by atoms with Crippen molar-refractivity contribution in [3.63, 3.8) is 0 Å². The van der Waals surface area contributed by atoms with Gasteiger partial charge in [0, 0.05) is 33.0 Å². The average molecular weight is 345 g/mol. The molecule has 2 amide bonds. The Kier molecular flexibility index (Phi) is 5.27. The molecule has 6 heteroatoms. The molecular weight excluding hydrogens is 318 g/mol. The SMILES string of the molecule is CNC(=O)[C@@H]1CCN(C(=O)C2(Oc3ccc(C)cc3)CCNCC2)C1. The fraction of sp³-hybridized carbons (Fsp3) is 0.579. The number of aryl methyl sites for hydroxylation is 1. The normalized spacial score (nSPS) is 22.5. The molecule has 2 aliphatic heterocycles. The molecule has 25 heavy (non-hydrogen) atoms. The lowest BCUT2D eigenvalue weighted by molar-refractivity contribution is -0.149. The third-order valence-electron chi connectivity index (χ3n) is 5.23. The van der Waals surface area contributed by atoms with Gasteiger partial charge < -0.3 is 20.3 Å². The van der Waals surface area contributed by atoms with Crippen LogP contribution >= 0.6 is 0 Å². The number of nitrogens with zero attached hydrogens (tertiary/aromatic N) is 1. The van der Waals surface area contributed by atoms with Crippen LogP contribution in [-0.2, 0) is 9.59 Å². The zero-order valence-corrected chi connectivity index (χ0v) is 15.0. The van der Waals surface area contributed by atoms with E-state index in [-0.39, 0.29) is 17.7 Å². The van der Waals surface area contributed by atoms with E-state index in [1.165, 1.54) is 0 Å². The molecule has 1 atom stereocenters. The van der Waals surface area contributed by atoms with Crippen molar-refractivity contribution >= 4 is 11.8 Å². The first kappa shape index (κ1) is 17.7. The Labute approximate surface area is 148 Å². The van der Waals surface area contributed by atoms with Crippen LogP contribution in [0, 0.1) is 12.8 Å². The second kappa shape index (κ2) is 7.44. The van der Waals surface area contributed by atoms with Gasteiger partial charge >= 0.3 is 0 Å². The molecule has 2 aliphatic rings. The van der Waals surface area contributed by atoms with Crippen LogP contribution in [0.25, 0.3) is 0 Å². The zero-order chi connectivity index (χ0) is 17.9. The maximum Gasteiger partial charge on any atom is 0.266 e. The van der Waals surface area contributed by atoms with Crippen LogP contribution in [0.15, 0.2) is 24.3 Å². The van der Waals surface area contributed by atoms with E-state index in [4.69, 9.17) is 4.74 Å². The Hall–Kier alpha value is -2.08. The van der Waals surface area contributed by atoms with Crippen molar-refractivity contribution in [1.29, 1.82) is 0 Å². The Balaban J connectivity index is 1.77. The first-order chi connectivity index (χ1) is 12.0. The van der Waals surface area contributed by atoms with Crippen LogP contribution in [0.5, 0.6) is 5.75 Å². The first-order valence-corrected chi connectivity index (χ1v) is 9.01. The van der Waals surface area contributed by atoms with Gasteiger partial charge in [-0.3, -0.25) is 9.59 Å². The second-order valence-corrected chi connectivity index (χ2v) is 7.01. The molecule has 0 aromatic heterocycles. The van der Waals surface area contributed by atoms with Crippen molar-refractivity contribution in [3.8, 4) is 5.75 Å². The number of likely N-dealkylation sites (tertiary alicyclic amines) is 1. The van der Waals surface area contributed by atoms with E-state index >= 15 is 0 Å². The van der Waals surface area contributed by atoms with Gasteiger partial charge in [-0.1, -0.05) is 17.7 Å². The van der Waals surface area contributed by atoms with Crippen molar-refractivity contribution in [2.45, 2.75) is 31.8 Å². The first-order valence-electron chi connectivity index (χ1n) is 9.01. The molecule has 3 rings (SSSR count). The van der Waals surface area contributed by atoms with Crippen molar-refractivity contribution < 1.29 is 14.3 Å². The number of nitrogens with one attached hydrogen (secondary N) is 2. The summed E-state index contributed by atoms with van der Waals surface area (Å²) in [7, 11) is 1.64. The minimum atomic E-state index is -0.835. The summed E-state index contributed by atoms with van der Waals surface area (Å²) in [6, 6.07) is 7.82. The van der Waals surface area contributed by atoms with Gasteiger partial charge in [0.1, 0.15) is 5.75 Å². The molecule has 1 aromatic rings. The summed E-state index contributed by atoms with van der Waals surface area (Å²) in [5, 5.41) is 5.98. The van der Waals surface area contributed by atoms with Crippen LogP contribution < -0.4 is 15.4 Å². The molecule has 0 saturated carbocycles. The molecule has 2 heterocycles. The molecule has 2 saturated heterocycles. The van der Waals surface area contributed by atoms with Crippen molar-refractivity contribution in [2.24, 2.45) is 5.92 Å². The van der Waals surface area contributed by atoms with Gasteiger partial charge in [-0.25, -0.2) is 0 Å². The molecule has 1 aromatic carbocycles. The minimum absolute atomic E-state index is 0.00844. The number of carbonyl (C=O) groups excluding carboxylic acids is 2. The highest BCUT2D eigenvalue weighted by Gasteiger charge is 2.46. The predicted molar refractivity (Wildman–Crippen MR) is 95.4 cm³/mol. The average Bonchev–Trinajstić information content (AvgIpc) is 3.13. The fourth-order valence-electron chi connectivity index (χ4n) is 3.67. The van der Waals surface area contributed by atoms with Crippen LogP contribution in [0.4, 0.5) is 0 Å². The molecule has 6 nitrogen and oxygen atoms in total. The number of benzene rings is 1. The van der Waals surface area contributed by atoms with Gasteiger partial charge in [0.15, 0.2) is 5.60 Å². The van der Waals surface area contributed by atoms with Gasteiger partial charge in [-0.2, -0.15) is 0 Å². The number of hydrogen-bond acceptors (Lipinski definition) is 4. The van der Waals surface area contributed by atoms with Crippen LogP contribution in [0.3, 0.4) is 0 Å². The molecule has 0 unspecified atom stereocenters. The maximum absolute atomic E-state index is 13.3. The molecule has 0 aliphatic carbocycles. The zero-order valence-electron chi connectivity index (χ0n) is 15.0. The Morgan fingerprint density at radius 1 is 1.24 bits per heavy atom. The predicted octanol–water partition coefficient (Wildman–Crippen LogP) is 1.09. The highest BCUT2D eigenvalue weighted by atomic mass is 16.5. The number of rotatable bonds is 4. The number of ether oxygens (including phenoxy) is 1. The Bertz CT molecular complexity index is 623. The van der Waals surface area contributed by atoms with Crippen LogP contribution in [0.1, 0.15) is 24.8 Å². The van der Waals surface area contributed by atoms with Gasteiger partial charge in [0.05, 0.1) is 5.92 Å². The third-order valence-corrected chi connectivity index (χ3v) is 5.23. The summed E-state index contributed by atoms with van der Waals surface area (Å²) >= 11 is 0. The largest absolute Gasteiger partial charge is 0.477 e. The lowest BCUT2D eigenvalue weighted by atomic mass is 9.90. The topological polar surface area (TPSA) is 70.7 Å².